The predicted octanol–water partition coefficient (Wildman–Crippen LogP) is -0.656. The summed E-state index contributed by atoms with van der Waals surface area (Å²) in [6, 6.07) is 3.24. The number of aliphatic hydroxyl groups excluding tert-OH is 1. The number of guanidine groups is 1. The Hall–Kier alpha value is -4.43. The summed E-state index contributed by atoms with van der Waals surface area (Å²) in [5.74, 6) is -4.95. The molecule has 2 aromatic rings. The Labute approximate surface area is 198 Å². The molecule has 0 spiro atoms. The molecule has 0 amide bonds. The number of aliphatic hydroxyl groups is 1. The lowest BCUT2D eigenvalue weighted by molar-refractivity contribution is -0.138. The molecule has 0 saturated carbocycles. The molecule has 2 aromatic carbocycles. The first kappa shape index (κ1) is 26.8. The van der Waals surface area contributed by atoms with Crippen LogP contribution in [-0.2, 0) is 4.79 Å². The van der Waals surface area contributed by atoms with E-state index in [1.165, 1.54) is 0 Å². The number of phenolic OH excluding ortho intramolecular Hbond substituents is 5. The van der Waals surface area contributed by atoms with Crippen molar-refractivity contribution in [3.05, 3.63) is 35.4 Å². The maximum absolute atomic E-state index is 12.2. The summed E-state index contributed by atoms with van der Waals surface area (Å²) in [4.78, 5) is 26.1. The first-order chi connectivity index (χ1) is 16.3. The van der Waals surface area contributed by atoms with E-state index in [4.69, 9.17) is 27.0 Å². The molecule has 190 valence electrons. The van der Waals surface area contributed by atoms with E-state index in [0.717, 1.165) is 24.3 Å². The summed E-state index contributed by atoms with van der Waals surface area (Å²) in [6.07, 6.45) is -2.08. The largest absolute Gasteiger partial charge is 0.508 e. The molecular weight excluding hydrogens is 468 g/mol. The van der Waals surface area contributed by atoms with Crippen LogP contribution in [0, 0.1) is 0 Å². The van der Waals surface area contributed by atoms with Crippen LogP contribution in [0.5, 0.6) is 34.5 Å². The van der Waals surface area contributed by atoms with E-state index in [1.54, 1.807) is 0 Å². The molecule has 14 nitrogen and oxygen atoms in total. The number of Topliss-reactive ketones (excluding diaryl/α,β-unsaturated/α-hetero) is 1. The van der Waals surface area contributed by atoms with E-state index in [2.05, 4.69) is 4.99 Å². The molecule has 0 saturated heterocycles. The molecule has 1 aliphatic rings. The van der Waals surface area contributed by atoms with Crippen LogP contribution in [0.2, 0.25) is 0 Å². The van der Waals surface area contributed by atoms with Crippen molar-refractivity contribution in [3.63, 3.8) is 0 Å². The zero-order valence-electron chi connectivity index (χ0n) is 18.2. The highest BCUT2D eigenvalue weighted by Crippen LogP contribution is 2.44. The Morgan fingerprint density at radius 3 is 2.17 bits per heavy atom. The second-order valence-electron chi connectivity index (χ2n) is 7.49. The number of benzene rings is 2. The number of phenols is 5. The molecule has 3 atom stereocenters. The predicted molar refractivity (Wildman–Crippen MR) is 120 cm³/mol. The fraction of sp³-hybridized carbons (Fsp3) is 0.286. The van der Waals surface area contributed by atoms with Crippen molar-refractivity contribution in [2.24, 2.45) is 22.2 Å². The number of nitrogens with zero attached hydrogens (tertiary/aromatic N) is 1. The monoisotopic (exact) mass is 494 g/mol. The summed E-state index contributed by atoms with van der Waals surface area (Å²) in [5, 5.41) is 66.1. The minimum atomic E-state index is -1.72. The fourth-order valence-corrected chi connectivity index (χ4v) is 3.10. The summed E-state index contributed by atoms with van der Waals surface area (Å²) in [7, 11) is 0. The van der Waals surface area contributed by atoms with Gasteiger partial charge in [-0.3, -0.25) is 14.6 Å². The smallest absolute Gasteiger partial charge is 0.320 e. The van der Waals surface area contributed by atoms with Gasteiger partial charge < -0.3 is 57.7 Å². The number of nitrogens with two attached hydrogens (primary N) is 3. The van der Waals surface area contributed by atoms with Gasteiger partial charge >= 0.3 is 5.97 Å². The number of carboxylic acids is 1. The fourth-order valence-electron chi connectivity index (χ4n) is 3.10. The zero-order chi connectivity index (χ0) is 26.4. The van der Waals surface area contributed by atoms with Crippen LogP contribution in [0.15, 0.2) is 29.3 Å². The number of fused-ring (bicyclic) bond motifs is 1. The lowest BCUT2D eigenvalue weighted by Crippen LogP contribution is -2.36. The number of carboxylic acid groups (broad SMARTS) is 1. The van der Waals surface area contributed by atoms with E-state index in [1.807, 2.05) is 0 Å². The van der Waals surface area contributed by atoms with Gasteiger partial charge in [0.1, 0.15) is 28.9 Å². The van der Waals surface area contributed by atoms with Gasteiger partial charge in [0.2, 0.25) is 5.78 Å². The lowest BCUT2D eigenvalue weighted by Gasteiger charge is -2.30. The number of carbonyl (C=O) groups is 2. The quantitative estimate of drug-likeness (QED) is 0.103. The number of carbonyl (C=O) groups excluding carboxylic acids is 1. The van der Waals surface area contributed by atoms with Gasteiger partial charge in [-0.25, -0.2) is 0 Å². The van der Waals surface area contributed by atoms with Gasteiger partial charge in [-0.15, -0.1) is 0 Å². The van der Waals surface area contributed by atoms with Crippen LogP contribution < -0.4 is 21.9 Å². The first-order valence-corrected chi connectivity index (χ1v) is 10.1. The van der Waals surface area contributed by atoms with Gasteiger partial charge in [-0.2, -0.15) is 0 Å². The van der Waals surface area contributed by atoms with E-state index in [9.17, 15) is 40.2 Å². The molecule has 13 N–H and O–H groups in total. The Balaban J connectivity index is 0.000000307. The van der Waals surface area contributed by atoms with Crippen LogP contribution in [0.25, 0.3) is 0 Å². The number of hydrogen-bond donors (Lipinski definition) is 10. The second kappa shape index (κ2) is 11.1. The summed E-state index contributed by atoms with van der Waals surface area (Å²) < 4.78 is 5.42. The number of ether oxygens (including phenoxy) is 1. The average molecular weight is 494 g/mol. The summed E-state index contributed by atoms with van der Waals surface area (Å²) in [5.41, 5.74) is 15.1. The normalized spacial score (nSPS) is 17.3. The molecule has 0 bridgehead atoms. The molecule has 3 rings (SSSR count). The summed E-state index contributed by atoms with van der Waals surface area (Å²) >= 11 is 0. The molecule has 0 radical (unpaired) electrons. The third kappa shape index (κ3) is 6.55. The van der Waals surface area contributed by atoms with Crippen molar-refractivity contribution in [2.45, 2.75) is 31.1 Å². The lowest BCUT2D eigenvalue weighted by atomic mass is 9.92. The highest BCUT2D eigenvalue weighted by molar-refractivity contribution is 6.05. The van der Waals surface area contributed by atoms with Gasteiger partial charge in [-0.05, 0) is 25.0 Å². The van der Waals surface area contributed by atoms with Crippen LogP contribution >= 0.6 is 0 Å². The Kier molecular flexibility index (Phi) is 8.53. The van der Waals surface area contributed by atoms with E-state index in [0.29, 0.717) is 19.4 Å². The van der Waals surface area contributed by atoms with Crippen molar-refractivity contribution in [1.82, 2.24) is 0 Å². The molecule has 35 heavy (non-hydrogen) atoms. The maximum Gasteiger partial charge on any atom is 0.320 e. The topological polar surface area (TPSA) is 275 Å². The standard InChI is InChI=1S/C15H12O8.C6H14N4O2/c16-6-3-7(17)11-10(4-6)23-15(14(22)13(11)21)5-1-8(18)12(20)9(19)2-5;7-4(5(11)12)2-1-3-10-6(8)9/h1-4,14-20,22H;4H,1-3,7H2,(H,11,12)(H4,8,9,10)/t;4-/m.0/s1. The van der Waals surface area contributed by atoms with Crippen molar-refractivity contribution in [3.8, 4) is 34.5 Å². The molecule has 0 fully saturated rings. The maximum atomic E-state index is 12.2. The Morgan fingerprint density at radius 1 is 1.03 bits per heavy atom. The number of aliphatic carboxylic acids is 1. The highest BCUT2D eigenvalue weighted by atomic mass is 16.5. The van der Waals surface area contributed by atoms with Crippen LogP contribution in [0.1, 0.15) is 34.9 Å². The minimum absolute atomic E-state index is 0.0129. The molecule has 1 aliphatic heterocycles. The van der Waals surface area contributed by atoms with Crippen molar-refractivity contribution < 1.29 is 50.1 Å². The number of ketones is 1. The third-order valence-electron chi connectivity index (χ3n) is 4.83. The number of aromatic hydroxyl groups is 5. The minimum Gasteiger partial charge on any atom is -0.508 e. The molecule has 1 heterocycles. The molecule has 2 unspecified atom stereocenters. The highest BCUT2D eigenvalue weighted by Gasteiger charge is 2.39. The molecule has 0 aliphatic carbocycles. The van der Waals surface area contributed by atoms with Gasteiger partial charge in [0.05, 0.1) is 0 Å². The average Bonchev–Trinajstić information content (AvgIpc) is 2.76. The van der Waals surface area contributed by atoms with Crippen LogP contribution in [0.4, 0.5) is 0 Å². The van der Waals surface area contributed by atoms with Crippen molar-refractivity contribution >= 4 is 17.7 Å². The van der Waals surface area contributed by atoms with E-state index >= 15 is 0 Å². The molecular formula is C21H26N4O10. The third-order valence-corrected chi connectivity index (χ3v) is 4.83. The van der Waals surface area contributed by atoms with E-state index in [-0.39, 0.29) is 28.6 Å². The molecule has 14 heteroatoms. The summed E-state index contributed by atoms with van der Waals surface area (Å²) in [6.45, 7) is 0.420. The van der Waals surface area contributed by atoms with Crippen LogP contribution in [-0.4, -0.2) is 72.1 Å². The number of rotatable bonds is 6. The van der Waals surface area contributed by atoms with E-state index < -0.39 is 53.0 Å². The second-order valence-corrected chi connectivity index (χ2v) is 7.49. The Morgan fingerprint density at radius 2 is 1.63 bits per heavy atom. The number of hydrogen-bond acceptors (Lipinski definition) is 11. The van der Waals surface area contributed by atoms with Gasteiger partial charge in [-0.1, -0.05) is 0 Å². The van der Waals surface area contributed by atoms with Crippen molar-refractivity contribution in [1.29, 1.82) is 0 Å². The first-order valence-electron chi connectivity index (χ1n) is 10.1. The number of aliphatic imine (C=N–C) groups is 1. The van der Waals surface area contributed by atoms with Gasteiger partial charge in [0.15, 0.2) is 35.4 Å². The Bertz CT molecular complexity index is 1110. The van der Waals surface area contributed by atoms with Gasteiger partial charge in [0.25, 0.3) is 0 Å². The van der Waals surface area contributed by atoms with Gasteiger partial charge in [0, 0.05) is 24.2 Å². The van der Waals surface area contributed by atoms with Crippen molar-refractivity contribution in [2.75, 3.05) is 6.54 Å². The zero-order valence-corrected chi connectivity index (χ0v) is 18.2. The molecule has 0 aromatic heterocycles. The van der Waals surface area contributed by atoms with Crippen LogP contribution in [0.3, 0.4) is 0 Å². The SMILES string of the molecule is NC(N)=NCCC[C@H](N)C(=O)O.O=C1c2c(O)cc(O)cc2OC(c2cc(O)c(O)c(O)c2)C1O.